The molecule has 12 nitrogen and oxygen atoms in total. The van der Waals surface area contributed by atoms with Gasteiger partial charge in [-0.2, -0.15) is 0 Å². The Morgan fingerprint density at radius 1 is 0.570 bits per heavy atom. The summed E-state index contributed by atoms with van der Waals surface area (Å²) in [7, 11) is 3.49. The first kappa shape index (κ1) is 58.4. The number of methoxy groups -OCH3 is 2. The van der Waals surface area contributed by atoms with Crippen molar-refractivity contribution in [3.8, 4) is 17.2 Å². The van der Waals surface area contributed by atoms with Crippen LogP contribution in [0.1, 0.15) is 99.8 Å². The third kappa shape index (κ3) is 17.1. The van der Waals surface area contributed by atoms with Crippen LogP contribution in [0.25, 0.3) is 22.1 Å². The lowest BCUT2D eigenvalue weighted by Crippen LogP contribution is -2.40. The maximum Gasteiger partial charge on any atom is 0.222 e. The van der Waals surface area contributed by atoms with E-state index in [4.69, 9.17) is 29.3 Å². The zero-order chi connectivity index (χ0) is 55.3. The van der Waals surface area contributed by atoms with E-state index >= 15 is 0 Å². The quantitative estimate of drug-likeness (QED) is 0.0748. The number of amides is 2. The number of ether oxygens (including phenoxy) is 3. The normalized spacial score (nSPS) is 16.1. The third-order valence-corrected chi connectivity index (χ3v) is 15.4. The SMILES string of the molecule is COCCCn1c([C@@H]2CCCN(C(=O)C[C@H](C)Cc3ccc(Br)cc3)C2)nc2ccccc21.COCCCn1c([C@@H]2CCCN(C(=O)C[C@H](C)Cc3ccc(Oc4ccccc4)cc3)C2)nc2ccccc21.Oc1ccccc1. The largest absolute Gasteiger partial charge is 0.508 e. The van der Waals surface area contributed by atoms with Crippen molar-refractivity contribution >= 4 is 49.8 Å². The van der Waals surface area contributed by atoms with Crippen LogP contribution in [0.2, 0.25) is 0 Å². The number of nitrogens with zero attached hydrogens (tertiary/aromatic N) is 6. The van der Waals surface area contributed by atoms with Crippen molar-refractivity contribution in [1.82, 2.24) is 28.9 Å². The van der Waals surface area contributed by atoms with Gasteiger partial charge >= 0.3 is 0 Å². The minimum absolute atomic E-state index is 0.248. The average Bonchev–Trinajstić information content (AvgIpc) is 4.26. The number of carbonyl (C=O) groups is 2. The molecule has 4 heterocycles. The summed E-state index contributed by atoms with van der Waals surface area (Å²) in [5, 5.41) is 8.63. The van der Waals surface area contributed by atoms with Gasteiger partial charge in [-0.3, -0.25) is 9.59 Å². The van der Waals surface area contributed by atoms with Gasteiger partial charge in [0.05, 0.1) is 22.1 Å². The molecule has 0 aliphatic carbocycles. The number of fused-ring (bicyclic) bond motifs is 2. The third-order valence-electron chi connectivity index (χ3n) is 14.9. The van der Waals surface area contributed by atoms with Gasteiger partial charge in [0.2, 0.25) is 11.8 Å². The molecule has 8 aromatic rings. The maximum absolute atomic E-state index is 13.4. The standard InChI is InChI=1S/C33H39N3O3.C27H34BrN3O2.C6H6O/c1-25(22-26-15-17-29(18-16-26)39-28-11-4-3-5-12-28)23-32(37)35-19-8-10-27(24-35)33-34-30-13-6-7-14-31(30)36(33)20-9-21-38-2;1-20(17-21-10-12-23(28)13-11-21)18-26(32)30-14-5-7-22(19-30)27-29-24-8-3-4-9-25(24)31(27)15-6-16-33-2;7-6-4-2-1-3-5-6/h3-7,11-18,25,27H,8-10,19-24H2,1-2H3;3-4,8-13,20,22H,5-7,14-19H2,1-2H3;1-5,7H/t25-,27-;20-,22-;/m11./s1. The molecule has 79 heavy (non-hydrogen) atoms. The number of imidazole rings is 2. The molecule has 0 unspecified atom stereocenters. The van der Waals surface area contributed by atoms with Crippen molar-refractivity contribution in [3.05, 3.63) is 185 Å². The van der Waals surface area contributed by atoms with Crippen LogP contribution in [0.5, 0.6) is 17.2 Å². The number of likely N-dealkylation sites (tertiary alicyclic amines) is 2. The van der Waals surface area contributed by atoms with Crippen LogP contribution in [0.3, 0.4) is 0 Å². The summed E-state index contributed by atoms with van der Waals surface area (Å²) in [5.74, 6) is 5.82. The van der Waals surface area contributed by atoms with Gasteiger partial charge in [-0.15, -0.1) is 0 Å². The first-order valence-corrected chi connectivity index (χ1v) is 29.1. The number of aromatic hydroxyl groups is 1. The zero-order valence-corrected chi connectivity index (χ0v) is 48.2. The van der Waals surface area contributed by atoms with Crippen molar-refractivity contribution < 1.29 is 28.9 Å². The molecule has 416 valence electrons. The molecule has 4 atom stereocenters. The molecule has 1 N–H and O–H groups in total. The topological polar surface area (TPSA) is 124 Å². The number of hydrogen-bond donors (Lipinski definition) is 1. The summed E-state index contributed by atoms with van der Waals surface area (Å²) in [5.41, 5.74) is 6.91. The minimum atomic E-state index is 0.248. The second-order valence-electron chi connectivity index (χ2n) is 21.3. The summed E-state index contributed by atoms with van der Waals surface area (Å²) < 4.78 is 22.3. The summed E-state index contributed by atoms with van der Waals surface area (Å²) in [6.07, 6.45) is 8.99. The van der Waals surface area contributed by atoms with Gasteiger partial charge in [0, 0.05) is 95.9 Å². The number of phenolic OH excluding ortho intramolecular Hbond substituents is 1. The van der Waals surface area contributed by atoms with E-state index < -0.39 is 0 Å². The lowest BCUT2D eigenvalue weighted by atomic mass is 9.94. The predicted molar refractivity (Wildman–Crippen MR) is 320 cm³/mol. The van der Waals surface area contributed by atoms with Crippen LogP contribution in [0.4, 0.5) is 0 Å². The second kappa shape index (κ2) is 30.0. The van der Waals surface area contributed by atoms with Gasteiger partial charge in [0.25, 0.3) is 0 Å². The van der Waals surface area contributed by atoms with Gasteiger partial charge < -0.3 is 38.3 Å². The zero-order valence-electron chi connectivity index (χ0n) is 46.6. The Morgan fingerprint density at radius 3 is 1.43 bits per heavy atom. The fourth-order valence-electron chi connectivity index (χ4n) is 11.0. The summed E-state index contributed by atoms with van der Waals surface area (Å²) in [4.78, 5) is 40.7. The first-order valence-electron chi connectivity index (χ1n) is 28.3. The number of benzene rings is 6. The highest BCUT2D eigenvalue weighted by molar-refractivity contribution is 9.10. The van der Waals surface area contributed by atoms with Gasteiger partial charge in [-0.25, -0.2) is 9.97 Å². The Kier molecular flexibility index (Phi) is 22.1. The van der Waals surface area contributed by atoms with Crippen LogP contribution < -0.4 is 4.74 Å². The molecular formula is C66H79BrN6O6. The van der Waals surface area contributed by atoms with Crippen LogP contribution >= 0.6 is 15.9 Å². The van der Waals surface area contributed by atoms with E-state index in [-0.39, 0.29) is 29.6 Å². The van der Waals surface area contributed by atoms with E-state index in [1.54, 1.807) is 38.5 Å². The predicted octanol–water partition coefficient (Wildman–Crippen LogP) is 14.0. The van der Waals surface area contributed by atoms with Crippen LogP contribution in [0.15, 0.2) is 162 Å². The minimum Gasteiger partial charge on any atom is -0.508 e. The molecule has 10 rings (SSSR count). The Labute approximate surface area is 475 Å². The molecule has 0 spiro atoms. The van der Waals surface area contributed by atoms with E-state index in [1.807, 2.05) is 60.7 Å². The number of para-hydroxylation sites is 6. The van der Waals surface area contributed by atoms with E-state index in [0.29, 0.717) is 24.5 Å². The van der Waals surface area contributed by atoms with E-state index in [0.717, 1.165) is 143 Å². The number of rotatable bonds is 20. The molecule has 2 saturated heterocycles. The Balaban J connectivity index is 0.000000187. The lowest BCUT2D eigenvalue weighted by molar-refractivity contribution is -0.134. The van der Waals surface area contributed by atoms with Crippen LogP contribution in [0, 0.1) is 11.8 Å². The summed E-state index contributed by atoms with van der Waals surface area (Å²) in [6, 6.07) is 51.8. The molecule has 2 fully saturated rings. The summed E-state index contributed by atoms with van der Waals surface area (Å²) in [6.45, 7) is 10.8. The number of piperidine rings is 2. The molecule has 0 saturated carbocycles. The van der Waals surface area contributed by atoms with Crippen molar-refractivity contribution in [2.75, 3.05) is 53.6 Å². The first-order chi connectivity index (χ1) is 38.5. The monoisotopic (exact) mass is 1130 g/mol. The molecule has 13 heteroatoms. The van der Waals surface area contributed by atoms with Crippen molar-refractivity contribution in [2.45, 2.75) is 103 Å². The maximum atomic E-state index is 13.4. The number of phenols is 1. The highest BCUT2D eigenvalue weighted by Gasteiger charge is 2.31. The Bertz CT molecular complexity index is 3110. The van der Waals surface area contributed by atoms with Crippen LogP contribution in [-0.4, -0.2) is 99.4 Å². The number of halogens is 1. The number of aromatic nitrogens is 4. The molecular weight excluding hydrogens is 1050 g/mol. The molecule has 0 bridgehead atoms. The van der Waals surface area contributed by atoms with Crippen LogP contribution in [-0.2, 0) is 45.0 Å². The number of aryl methyl sites for hydroxylation is 2. The molecule has 6 aromatic carbocycles. The van der Waals surface area contributed by atoms with Gasteiger partial charge in [-0.1, -0.05) is 115 Å². The van der Waals surface area contributed by atoms with Crippen molar-refractivity contribution in [2.24, 2.45) is 11.8 Å². The van der Waals surface area contributed by atoms with E-state index in [2.05, 4.69) is 122 Å². The smallest absolute Gasteiger partial charge is 0.222 e. The molecule has 0 radical (unpaired) electrons. The fourth-order valence-corrected chi connectivity index (χ4v) is 11.3. The number of carbonyl (C=O) groups excluding carboxylic acids is 2. The van der Waals surface area contributed by atoms with E-state index in [1.165, 1.54) is 22.2 Å². The molecule has 2 aliphatic heterocycles. The van der Waals surface area contributed by atoms with Gasteiger partial charge in [-0.05, 0) is 147 Å². The molecule has 2 amide bonds. The fraction of sp³-hybridized carbons (Fsp3) is 0.394. The number of hydrogen-bond acceptors (Lipinski definition) is 8. The van der Waals surface area contributed by atoms with Crippen molar-refractivity contribution in [1.29, 1.82) is 0 Å². The lowest BCUT2D eigenvalue weighted by Gasteiger charge is -2.33. The Morgan fingerprint density at radius 2 is 0.987 bits per heavy atom. The highest BCUT2D eigenvalue weighted by atomic mass is 79.9. The Hall–Kier alpha value is -6.80. The van der Waals surface area contributed by atoms with Crippen molar-refractivity contribution in [3.63, 3.8) is 0 Å². The average molecular weight is 1130 g/mol. The highest BCUT2D eigenvalue weighted by Crippen LogP contribution is 2.33. The van der Waals surface area contributed by atoms with E-state index in [9.17, 15) is 9.59 Å². The van der Waals surface area contributed by atoms with Gasteiger partial charge in [0.15, 0.2) is 0 Å². The summed E-state index contributed by atoms with van der Waals surface area (Å²) >= 11 is 3.49. The van der Waals surface area contributed by atoms with Gasteiger partial charge in [0.1, 0.15) is 28.9 Å². The molecule has 2 aromatic heterocycles. The molecule has 2 aliphatic rings. The second-order valence-corrected chi connectivity index (χ2v) is 22.2.